The van der Waals surface area contributed by atoms with Gasteiger partial charge in [0.2, 0.25) is 0 Å². The molecule has 1 N–H and O–H groups in total. The number of likely N-dealkylation sites (N-methyl/N-ethyl adjacent to an activating group) is 1. The molecule has 0 aromatic rings. The highest BCUT2D eigenvalue weighted by Crippen LogP contribution is 2.11. The lowest BCUT2D eigenvalue weighted by atomic mass is 10.3. The van der Waals surface area contributed by atoms with E-state index < -0.39 is 6.29 Å². The molecule has 1 saturated heterocycles. The molecule has 1 rings (SSSR count). The Kier molecular flexibility index (Phi) is 5.49. The van der Waals surface area contributed by atoms with Gasteiger partial charge in [-0.1, -0.05) is 0 Å². The van der Waals surface area contributed by atoms with E-state index in [-0.39, 0.29) is 6.17 Å². The van der Waals surface area contributed by atoms with Gasteiger partial charge in [0.15, 0.2) is 6.29 Å². The Balaban J connectivity index is 2.54. The molecule has 1 aliphatic rings. The molecule has 1 fully saturated rings. The number of morpholine rings is 1. The van der Waals surface area contributed by atoms with Crippen LogP contribution in [0, 0.1) is 0 Å². The minimum Gasteiger partial charge on any atom is -0.379 e. The van der Waals surface area contributed by atoms with Crippen molar-refractivity contribution in [3.05, 3.63) is 0 Å². The number of hydrogen-bond donors (Lipinski definition) is 1. The van der Waals surface area contributed by atoms with Gasteiger partial charge in [-0.25, -0.2) is 0 Å². The Labute approximate surface area is 91.6 Å². The molecule has 0 aromatic heterocycles. The highest BCUT2D eigenvalue weighted by atomic mass is 16.6. The summed E-state index contributed by atoms with van der Waals surface area (Å²) in [7, 11) is 3.89. The Morgan fingerprint density at radius 2 is 2.00 bits per heavy atom. The Bertz CT molecular complexity index is 172. The lowest BCUT2D eigenvalue weighted by molar-refractivity contribution is -0.183. The topological polar surface area (TPSA) is 45.2 Å². The van der Waals surface area contributed by atoms with Crippen LogP contribution in [0.15, 0.2) is 0 Å². The largest absolute Gasteiger partial charge is 0.379 e. The summed E-state index contributed by atoms with van der Waals surface area (Å²) in [5.41, 5.74) is 0. The van der Waals surface area contributed by atoms with E-state index in [0.717, 1.165) is 26.3 Å². The van der Waals surface area contributed by atoms with Gasteiger partial charge in [0, 0.05) is 19.7 Å². The predicted molar refractivity (Wildman–Crippen MR) is 57.5 cm³/mol. The van der Waals surface area contributed by atoms with Crippen molar-refractivity contribution in [1.29, 1.82) is 0 Å². The van der Waals surface area contributed by atoms with E-state index in [9.17, 15) is 5.11 Å². The Hall–Kier alpha value is -0.200. The van der Waals surface area contributed by atoms with Crippen molar-refractivity contribution in [3.8, 4) is 0 Å². The lowest BCUT2D eigenvalue weighted by Crippen LogP contribution is -2.56. The molecule has 0 aliphatic carbocycles. The number of hydrogen-bond acceptors (Lipinski definition) is 5. The van der Waals surface area contributed by atoms with Crippen LogP contribution in [0.4, 0.5) is 0 Å². The van der Waals surface area contributed by atoms with E-state index >= 15 is 0 Å². The summed E-state index contributed by atoms with van der Waals surface area (Å²) in [5, 5.41) is 9.89. The van der Waals surface area contributed by atoms with Crippen LogP contribution in [-0.2, 0) is 9.47 Å². The van der Waals surface area contributed by atoms with Gasteiger partial charge in [0.1, 0.15) is 6.17 Å². The first kappa shape index (κ1) is 12.9. The molecule has 2 unspecified atom stereocenters. The van der Waals surface area contributed by atoms with Crippen LogP contribution < -0.4 is 0 Å². The van der Waals surface area contributed by atoms with Crippen molar-refractivity contribution in [2.24, 2.45) is 0 Å². The maximum Gasteiger partial charge on any atom is 0.183 e. The van der Waals surface area contributed by atoms with E-state index in [1.54, 1.807) is 0 Å². The third-order valence-electron chi connectivity index (χ3n) is 2.54. The molecule has 1 heterocycles. The predicted octanol–water partition coefficient (Wildman–Crippen LogP) is -0.439. The number of aliphatic hydroxyl groups excluding tert-OH is 1. The summed E-state index contributed by atoms with van der Waals surface area (Å²) in [5.74, 6) is 0. The van der Waals surface area contributed by atoms with E-state index in [2.05, 4.69) is 4.90 Å². The van der Waals surface area contributed by atoms with Gasteiger partial charge in [0.05, 0.1) is 13.2 Å². The van der Waals surface area contributed by atoms with Gasteiger partial charge >= 0.3 is 0 Å². The molecule has 0 bridgehead atoms. The van der Waals surface area contributed by atoms with Gasteiger partial charge in [-0.15, -0.1) is 0 Å². The van der Waals surface area contributed by atoms with Gasteiger partial charge in [-0.2, -0.15) is 0 Å². The standard InChI is InChI=1S/C10H22N2O3/c1-4-15-10(13)9(11(2)3)12-5-7-14-8-6-12/h9-10,13H,4-8H2,1-3H3. The number of nitrogens with zero attached hydrogens (tertiary/aromatic N) is 2. The molecule has 0 aromatic carbocycles. The molecular formula is C10H22N2O3. The quantitative estimate of drug-likeness (QED) is 0.634. The van der Waals surface area contributed by atoms with Crippen molar-refractivity contribution in [2.75, 3.05) is 47.0 Å². The molecule has 0 radical (unpaired) electrons. The third-order valence-corrected chi connectivity index (χ3v) is 2.54. The number of ether oxygens (including phenoxy) is 2. The minimum atomic E-state index is -0.761. The average molecular weight is 218 g/mol. The van der Waals surface area contributed by atoms with Crippen LogP contribution in [0.5, 0.6) is 0 Å². The Morgan fingerprint density at radius 1 is 1.40 bits per heavy atom. The van der Waals surface area contributed by atoms with Crippen LogP contribution in [0.2, 0.25) is 0 Å². The van der Waals surface area contributed by atoms with Crippen LogP contribution in [0.3, 0.4) is 0 Å². The first-order chi connectivity index (χ1) is 7.16. The van der Waals surface area contributed by atoms with Gasteiger partial charge in [0.25, 0.3) is 0 Å². The second-order valence-electron chi connectivity index (χ2n) is 3.87. The molecule has 5 heteroatoms. The molecule has 1 aliphatic heterocycles. The lowest BCUT2D eigenvalue weighted by Gasteiger charge is -2.40. The van der Waals surface area contributed by atoms with E-state index in [4.69, 9.17) is 9.47 Å². The fraction of sp³-hybridized carbons (Fsp3) is 1.00. The first-order valence-corrected chi connectivity index (χ1v) is 5.44. The van der Waals surface area contributed by atoms with Crippen LogP contribution >= 0.6 is 0 Å². The van der Waals surface area contributed by atoms with E-state index in [1.165, 1.54) is 0 Å². The highest BCUT2D eigenvalue weighted by Gasteiger charge is 2.29. The van der Waals surface area contributed by atoms with Crippen LogP contribution in [0.25, 0.3) is 0 Å². The maximum absolute atomic E-state index is 9.89. The molecule has 90 valence electrons. The number of rotatable bonds is 5. The normalized spacial score (nSPS) is 23.0. The fourth-order valence-electron chi connectivity index (χ4n) is 1.86. The second-order valence-corrected chi connectivity index (χ2v) is 3.87. The smallest absolute Gasteiger partial charge is 0.183 e. The SMILES string of the molecule is CCOC(O)C(N(C)C)N1CCOCC1. The minimum absolute atomic E-state index is 0.0890. The summed E-state index contributed by atoms with van der Waals surface area (Å²) in [6.07, 6.45) is -0.850. The summed E-state index contributed by atoms with van der Waals surface area (Å²) in [4.78, 5) is 4.16. The summed E-state index contributed by atoms with van der Waals surface area (Å²) < 4.78 is 10.5. The fourth-order valence-corrected chi connectivity index (χ4v) is 1.86. The molecule has 0 spiro atoms. The summed E-state index contributed by atoms with van der Waals surface area (Å²) in [6, 6.07) is 0. The van der Waals surface area contributed by atoms with Crippen molar-refractivity contribution < 1.29 is 14.6 Å². The molecule has 0 amide bonds. The van der Waals surface area contributed by atoms with Crippen LogP contribution in [-0.4, -0.2) is 74.4 Å². The summed E-state index contributed by atoms with van der Waals surface area (Å²) >= 11 is 0. The van der Waals surface area contributed by atoms with Crippen molar-refractivity contribution in [1.82, 2.24) is 9.80 Å². The van der Waals surface area contributed by atoms with Crippen molar-refractivity contribution in [3.63, 3.8) is 0 Å². The van der Waals surface area contributed by atoms with Gasteiger partial charge in [-0.05, 0) is 21.0 Å². The van der Waals surface area contributed by atoms with Gasteiger partial charge < -0.3 is 14.6 Å². The first-order valence-electron chi connectivity index (χ1n) is 5.44. The van der Waals surface area contributed by atoms with Crippen molar-refractivity contribution in [2.45, 2.75) is 19.4 Å². The zero-order valence-corrected chi connectivity index (χ0v) is 9.85. The molecule has 0 saturated carbocycles. The average Bonchev–Trinajstić information content (AvgIpc) is 2.19. The second kappa shape index (κ2) is 6.40. The molecule has 5 nitrogen and oxygen atoms in total. The molecule has 2 atom stereocenters. The van der Waals surface area contributed by atoms with E-state index in [0.29, 0.717) is 6.61 Å². The zero-order valence-electron chi connectivity index (χ0n) is 9.85. The van der Waals surface area contributed by atoms with E-state index in [1.807, 2.05) is 25.9 Å². The molecule has 15 heavy (non-hydrogen) atoms. The van der Waals surface area contributed by atoms with Crippen molar-refractivity contribution >= 4 is 0 Å². The van der Waals surface area contributed by atoms with Crippen LogP contribution in [0.1, 0.15) is 6.92 Å². The maximum atomic E-state index is 9.89. The molecular weight excluding hydrogens is 196 g/mol. The van der Waals surface area contributed by atoms with Gasteiger partial charge in [-0.3, -0.25) is 9.80 Å². The number of aliphatic hydroxyl groups is 1. The monoisotopic (exact) mass is 218 g/mol. The summed E-state index contributed by atoms with van der Waals surface area (Å²) in [6.45, 7) is 5.54. The Morgan fingerprint density at radius 3 is 2.47 bits per heavy atom. The highest BCUT2D eigenvalue weighted by molar-refractivity contribution is 4.74. The third kappa shape index (κ3) is 3.70. The zero-order chi connectivity index (χ0) is 11.3.